The molecule has 0 N–H and O–H groups in total. The molecule has 2 aliphatic heterocycles. The van der Waals surface area contributed by atoms with E-state index in [1.165, 1.54) is 12.5 Å². The van der Waals surface area contributed by atoms with Gasteiger partial charge in [-0.05, 0) is 49.6 Å². The fourth-order valence-corrected chi connectivity index (χ4v) is 3.36. The second-order valence-corrected chi connectivity index (χ2v) is 5.91. The number of hydrogen-bond acceptors (Lipinski definition) is 2. The molecular formula is C16H17F4NO. The minimum Gasteiger partial charge on any atom is -0.403 e. The van der Waals surface area contributed by atoms with Crippen LogP contribution in [-0.4, -0.2) is 30.4 Å². The Balaban J connectivity index is 1.85. The van der Waals surface area contributed by atoms with Crippen LogP contribution in [0.2, 0.25) is 0 Å². The molecule has 120 valence electrons. The van der Waals surface area contributed by atoms with Crippen LogP contribution >= 0.6 is 0 Å². The molecule has 2 unspecified atom stereocenters. The van der Waals surface area contributed by atoms with Crippen molar-refractivity contribution in [2.75, 3.05) is 7.05 Å². The standard InChI is InChI=1S/C16H17F4NO/c1-21-12-3-2-4-13(21)8-11(7-12)10-5-6-15(14(17)9-10)22-16(18,19)20/h5-7,9,12-13H,2-4,8H2,1H3. The fraction of sp³-hybridized carbons (Fsp3) is 0.500. The highest BCUT2D eigenvalue weighted by Crippen LogP contribution is 2.37. The Morgan fingerprint density at radius 3 is 2.64 bits per heavy atom. The molecule has 22 heavy (non-hydrogen) atoms. The summed E-state index contributed by atoms with van der Waals surface area (Å²) in [7, 11) is 2.09. The van der Waals surface area contributed by atoms with Crippen LogP contribution in [0.5, 0.6) is 5.75 Å². The number of nitrogens with zero attached hydrogens (tertiary/aromatic N) is 1. The number of hydrogen-bond donors (Lipinski definition) is 0. The van der Waals surface area contributed by atoms with Gasteiger partial charge >= 0.3 is 6.36 Å². The first kappa shape index (κ1) is 15.3. The number of alkyl halides is 3. The molecule has 1 aromatic carbocycles. The van der Waals surface area contributed by atoms with Gasteiger partial charge in [-0.25, -0.2) is 4.39 Å². The van der Waals surface area contributed by atoms with E-state index in [9.17, 15) is 17.6 Å². The Bertz CT molecular complexity index is 596. The predicted octanol–water partition coefficient (Wildman–Crippen LogP) is 4.36. The molecule has 3 rings (SSSR count). The zero-order valence-electron chi connectivity index (χ0n) is 12.2. The number of likely N-dealkylation sites (N-methyl/N-ethyl adjacent to an activating group) is 1. The maximum atomic E-state index is 13.8. The number of halogens is 4. The number of ether oxygens (including phenoxy) is 1. The molecule has 1 saturated heterocycles. The van der Waals surface area contributed by atoms with E-state index in [-0.39, 0.29) is 0 Å². The van der Waals surface area contributed by atoms with E-state index >= 15 is 0 Å². The zero-order valence-corrected chi connectivity index (χ0v) is 12.2. The molecule has 1 aromatic rings. The summed E-state index contributed by atoms with van der Waals surface area (Å²) in [5.41, 5.74) is 1.64. The van der Waals surface area contributed by atoms with Crippen LogP contribution in [0.1, 0.15) is 31.2 Å². The molecular weight excluding hydrogens is 298 g/mol. The van der Waals surface area contributed by atoms with Crippen molar-refractivity contribution < 1.29 is 22.3 Å². The van der Waals surface area contributed by atoms with Crippen molar-refractivity contribution >= 4 is 5.57 Å². The number of benzene rings is 1. The molecule has 0 aliphatic carbocycles. The Morgan fingerprint density at radius 1 is 1.23 bits per heavy atom. The van der Waals surface area contributed by atoms with E-state index in [0.717, 1.165) is 37.0 Å². The van der Waals surface area contributed by atoms with Gasteiger partial charge in [0.15, 0.2) is 11.6 Å². The normalized spacial score (nSPS) is 25.8. The fourth-order valence-electron chi connectivity index (χ4n) is 3.36. The topological polar surface area (TPSA) is 12.5 Å². The van der Waals surface area contributed by atoms with E-state index in [1.54, 1.807) is 0 Å². The lowest BCUT2D eigenvalue weighted by Crippen LogP contribution is -2.45. The van der Waals surface area contributed by atoms with Gasteiger partial charge in [0.2, 0.25) is 0 Å². The van der Waals surface area contributed by atoms with E-state index in [0.29, 0.717) is 17.6 Å². The van der Waals surface area contributed by atoms with Crippen LogP contribution < -0.4 is 4.74 Å². The number of rotatable bonds is 2. The third-order valence-corrected chi connectivity index (χ3v) is 4.51. The van der Waals surface area contributed by atoms with Crippen molar-refractivity contribution in [2.45, 2.75) is 44.1 Å². The van der Waals surface area contributed by atoms with E-state index in [4.69, 9.17) is 0 Å². The van der Waals surface area contributed by atoms with E-state index < -0.39 is 17.9 Å². The van der Waals surface area contributed by atoms with Gasteiger partial charge in [-0.2, -0.15) is 0 Å². The molecule has 2 nitrogen and oxygen atoms in total. The molecule has 0 saturated carbocycles. The molecule has 1 fully saturated rings. The zero-order chi connectivity index (χ0) is 15.9. The summed E-state index contributed by atoms with van der Waals surface area (Å²) in [6.07, 6.45) is 1.36. The first-order valence-electron chi connectivity index (χ1n) is 7.32. The van der Waals surface area contributed by atoms with Gasteiger partial charge in [-0.3, -0.25) is 4.90 Å². The Labute approximate surface area is 126 Å². The predicted molar refractivity (Wildman–Crippen MR) is 74.9 cm³/mol. The average molecular weight is 315 g/mol. The molecule has 0 radical (unpaired) electrons. The maximum absolute atomic E-state index is 13.8. The number of piperidine rings is 1. The van der Waals surface area contributed by atoms with Crippen LogP contribution in [0.3, 0.4) is 0 Å². The third-order valence-electron chi connectivity index (χ3n) is 4.51. The molecule has 2 aliphatic rings. The minimum absolute atomic E-state index is 0.330. The van der Waals surface area contributed by atoms with Crippen molar-refractivity contribution in [1.29, 1.82) is 0 Å². The van der Waals surface area contributed by atoms with Crippen molar-refractivity contribution in [3.63, 3.8) is 0 Å². The molecule has 0 aromatic heterocycles. The van der Waals surface area contributed by atoms with Gasteiger partial charge in [-0.1, -0.05) is 18.6 Å². The summed E-state index contributed by atoms with van der Waals surface area (Å²) in [5.74, 6) is -1.77. The van der Waals surface area contributed by atoms with Crippen molar-refractivity contribution in [2.24, 2.45) is 0 Å². The van der Waals surface area contributed by atoms with Gasteiger partial charge in [0, 0.05) is 12.1 Å². The van der Waals surface area contributed by atoms with Crippen molar-refractivity contribution in [3.05, 3.63) is 35.7 Å². The second-order valence-electron chi connectivity index (χ2n) is 5.91. The lowest BCUT2D eigenvalue weighted by molar-refractivity contribution is -0.275. The van der Waals surface area contributed by atoms with Gasteiger partial charge in [0.05, 0.1) is 0 Å². The smallest absolute Gasteiger partial charge is 0.403 e. The first-order valence-corrected chi connectivity index (χ1v) is 7.32. The largest absolute Gasteiger partial charge is 0.573 e. The SMILES string of the molecule is CN1C2C=C(c3ccc(OC(F)(F)F)c(F)c3)CC1CCC2. The van der Waals surface area contributed by atoms with Crippen LogP contribution in [0.25, 0.3) is 5.57 Å². The summed E-state index contributed by atoms with van der Waals surface area (Å²) in [4.78, 5) is 2.32. The van der Waals surface area contributed by atoms with Crippen LogP contribution in [0.15, 0.2) is 24.3 Å². The maximum Gasteiger partial charge on any atom is 0.573 e. The Kier molecular flexibility index (Phi) is 3.89. The number of fused-ring (bicyclic) bond motifs is 2. The molecule has 2 atom stereocenters. The van der Waals surface area contributed by atoms with E-state index in [2.05, 4.69) is 22.8 Å². The van der Waals surface area contributed by atoms with Crippen molar-refractivity contribution in [3.8, 4) is 5.75 Å². The van der Waals surface area contributed by atoms with E-state index in [1.807, 2.05) is 0 Å². The molecule has 0 amide bonds. The lowest BCUT2D eigenvalue weighted by Gasteiger charge is -2.42. The average Bonchev–Trinajstić information content (AvgIpc) is 2.39. The van der Waals surface area contributed by atoms with Crippen LogP contribution in [-0.2, 0) is 0 Å². The lowest BCUT2D eigenvalue weighted by atomic mass is 9.83. The highest BCUT2D eigenvalue weighted by Gasteiger charge is 2.33. The summed E-state index contributed by atoms with van der Waals surface area (Å²) in [5, 5.41) is 0. The quantitative estimate of drug-likeness (QED) is 0.752. The van der Waals surface area contributed by atoms with Gasteiger partial charge < -0.3 is 4.74 Å². The second kappa shape index (κ2) is 5.57. The summed E-state index contributed by atoms with van der Waals surface area (Å²) in [6.45, 7) is 0. The summed E-state index contributed by atoms with van der Waals surface area (Å²) < 4.78 is 54.0. The Morgan fingerprint density at radius 2 is 2.00 bits per heavy atom. The molecule has 2 bridgehead atoms. The van der Waals surface area contributed by atoms with Crippen LogP contribution in [0, 0.1) is 5.82 Å². The molecule has 2 heterocycles. The summed E-state index contributed by atoms with van der Waals surface area (Å²) in [6, 6.07) is 4.43. The molecule has 6 heteroatoms. The highest BCUT2D eigenvalue weighted by molar-refractivity contribution is 5.68. The highest BCUT2D eigenvalue weighted by atomic mass is 19.4. The monoisotopic (exact) mass is 315 g/mol. The van der Waals surface area contributed by atoms with Crippen molar-refractivity contribution in [1.82, 2.24) is 4.90 Å². The third kappa shape index (κ3) is 3.11. The van der Waals surface area contributed by atoms with Gasteiger partial charge in [0.1, 0.15) is 0 Å². The van der Waals surface area contributed by atoms with Crippen LogP contribution in [0.4, 0.5) is 17.6 Å². The molecule has 0 spiro atoms. The first-order chi connectivity index (χ1) is 10.3. The Hall–Kier alpha value is -1.56. The van der Waals surface area contributed by atoms with Gasteiger partial charge in [-0.15, -0.1) is 13.2 Å². The summed E-state index contributed by atoms with van der Waals surface area (Å²) >= 11 is 0. The minimum atomic E-state index is -4.88. The van der Waals surface area contributed by atoms with Gasteiger partial charge in [0.25, 0.3) is 0 Å².